The van der Waals surface area contributed by atoms with E-state index < -0.39 is 18.0 Å². The maximum absolute atomic E-state index is 11.2. The second-order valence-corrected chi connectivity index (χ2v) is 3.03. The van der Waals surface area contributed by atoms with Gasteiger partial charge in [0.05, 0.1) is 0 Å². The van der Waals surface area contributed by atoms with E-state index in [9.17, 15) is 9.59 Å². The van der Waals surface area contributed by atoms with Gasteiger partial charge in [0.15, 0.2) is 0 Å². The highest BCUT2D eigenvalue weighted by molar-refractivity contribution is 5.82. The maximum Gasteiger partial charge on any atom is 0.326 e. The molecule has 0 spiro atoms. The minimum absolute atomic E-state index is 0.348. The van der Waals surface area contributed by atoms with Gasteiger partial charge in [-0.1, -0.05) is 13.3 Å². The van der Waals surface area contributed by atoms with Gasteiger partial charge in [0, 0.05) is 13.0 Å². The number of nitrogens with one attached hydrogen (secondary N) is 2. The van der Waals surface area contributed by atoms with Gasteiger partial charge in [-0.2, -0.15) is 0 Å². The van der Waals surface area contributed by atoms with E-state index in [4.69, 9.17) is 11.5 Å². The van der Waals surface area contributed by atoms with Crippen molar-refractivity contribution in [2.75, 3.05) is 6.54 Å². The average molecular weight is 212 g/mol. The van der Waals surface area contributed by atoms with Crippen LogP contribution in [0.5, 0.6) is 0 Å². The fourth-order valence-corrected chi connectivity index (χ4v) is 1.00. The van der Waals surface area contributed by atoms with Crippen LogP contribution in [0.15, 0.2) is 0 Å². The van der Waals surface area contributed by atoms with Gasteiger partial charge in [-0.15, -0.1) is 12.3 Å². The van der Waals surface area contributed by atoms with Crippen LogP contribution < -0.4 is 10.6 Å². The predicted octanol–water partition coefficient (Wildman–Crippen LogP) is 0.562. The lowest BCUT2D eigenvalue weighted by Crippen LogP contribution is -2.46. The van der Waals surface area contributed by atoms with E-state index in [1.54, 1.807) is 0 Å². The monoisotopic (exact) mass is 212 g/mol. The minimum Gasteiger partial charge on any atom is -0.480 e. The molecule has 0 aromatic heterocycles. The van der Waals surface area contributed by atoms with E-state index in [0.29, 0.717) is 25.8 Å². The van der Waals surface area contributed by atoms with Gasteiger partial charge in [-0.25, -0.2) is 9.59 Å². The number of carboxylic acid groups (broad SMARTS) is 1. The Morgan fingerprint density at radius 3 is 2.67 bits per heavy atom. The third kappa shape index (κ3) is 6.38. The molecule has 2 amide bonds. The number of hydrogen-bond acceptors (Lipinski definition) is 2. The van der Waals surface area contributed by atoms with E-state index in [1.807, 2.05) is 6.92 Å². The predicted molar refractivity (Wildman–Crippen MR) is 56.3 cm³/mol. The molecule has 0 rings (SSSR count). The fraction of sp³-hybridized carbons (Fsp3) is 0.600. The SMILES string of the molecule is C#CCCNC(=O)NC(CCC)C(=O)O. The first-order valence-corrected chi connectivity index (χ1v) is 4.82. The zero-order valence-corrected chi connectivity index (χ0v) is 8.75. The number of aliphatic carboxylic acids is 1. The van der Waals surface area contributed by atoms with E-state index in [-0.39, 0.29) is 0 Å². The maximum atomic E-state index is 11.2. The van der Waals surface area contributed by atoms with Crippen molar-refractivity contribution in [3.05, 3.63) is 0 Å². The molecule has 0 aliphatic rings. The number of hydrogen-bond donors (Lipinski definition) is 3. The van der Waals surface area contributed by atoms with E-state index in [2.05, 4.69) is 16.6 Å². The molecule has 1 unspecified atom stereocenters. The number of amides is 2. The summed E-state index contributed by atoms with van der Waals surface area (Å²) in [4.78, 5) is 21.8. The molecule has 0 aromatic carbocycles. The van der Waals surface area contributed by atoms with Gasteiger partial charge >= 0.3 is 12.0 Å². The summed E-state index contributed by atoms with van der Waals surface area (Å²) in [5.74, 6) is 1.34. The van der Waals surface area contributed by atoms with Crippen LogP contribution >= 0.6 is 0 Å². The topological polar surface area (TPSA) is 78.4 Å². The Balaban J connectivity index is 3.90. The van der Waals surface area contributed by atoms with E-state index in [1.165, 1.54) is 0 Å². The molecule has 0 radical (unpaired) electrons. The van der Waals surface area contributed by atoms with Crippen molar-refractivity contribution in [2.24, 2.45) is 0 Å². The molecule has 3 N–H and O–H groups in total. The summed E-state index contributed by atoms with van der Waals surface area (Å²) in [6.45, 7) is 2.20. The lowest BCUT2D eigenvalue weighted by molar-refractivity contribution is -0.139. The lowest BCUT2D eigenvalue weighted by Gasteiger charge is -2.13. The summed E-state index contributed by atoms with van der Waals surface area (Å²) in [6.07, 6.45) is 6.54. The number of carbonyl (C=O) groups excluding carboxylic acids is 1. The van der Waals surface area contributed by atoms with Gasteiger partial charge in [0.2, 0.25) is 0 Å². The normalized spacial score (nSPS) is 11.2. The van der Waals surface area contributed by atoms with Crippen molar-refractivity contribution in [3.8, 4) is 12.3 Å². The molecule has 0 fully saturated rings. The van der Waals surface area contributed by atoms with Crippen molar-refractivity contribution in [2.45, 2.75) is 32.2 Å². The van der Waals surface area contributed by atoms with Crippen LogP contribution in [0.1, 0.15) is 26.2 Å². The molecule has 1 atom stereocenters. The van der Waals surface area contributed by atoms with Crippen LogP contribution in [-0.2, 0) is 4.79 Å². The largest absolute Gasteiger partial charge is 0.480 e. The Morgan fingerprint density at radius 1 is 1.53 bits per heavy atom. The molecular weight excluding hydrogens is 196 g/mol. The smallest absolute Gasteiger partial charge is 0.326 e. The Morgan fingerprint density at radius 2 is 2.20 bits per heavy atom. The quantitative estimate of drug-likeness (QED) is 0.444. The first-order chi connectivity index (χ1) is 7.11. The van der Waals surface area contributed by atoms with Crippen LogP contribution in [0.2, 0.25) is 0 Å². The van der Waals surface area contributed by atoms with Crippen LogP contribution in [0.4, 0.5) is 4.79 Å². The Kier molecular flexibility index (Phi) is 6.81. The van der Waals surface area contributed by atoms with Gasteiger partial charge in [0.1, 0.15) is 6.04 Å². The lowest BCUT2D eigenvalue weighted by atomic mass is 10.2. The Hall–Kier alpha value is -1.70. The molecule has 5 heteroatoms. The summed E-state index contributed by atoms with van der Waals surface area (Å²) in [5, 5.41) is 13.6. The van der Waals surface area contributed by atoms with Crippen LogP contribution in [0.25, 0.3) is 0 Å². The number of urea groups is 1. The minimum atomic E-state index is -1.02. The molecular formula is C10H16N2O3. The first kappa shape index (κ1) is 13.3. The molecule has 0 aliphatic carbocycles. The highest BCUT2D eigenvalue weighted by Crippen LogP contribution is 1.96. The molecule has 0 saturated heterocycles. The second-order valence-electron chi connectivity index (χ2n) is 3.03. The second kappa shape index (κ2) is 7.68. The highest BCUT2D eigenvalue weighted by atomic mass is 16.4. The average Bonchev–Trinajstić information content (AvgIpc) is 2.17. The van der Waals surface area contributed by atoms with Gasteiger partial charge in [-0.3, -0.25) is 0 Å². The standard InChI is InChI=1S/C10H16N2O3/c1-3-5-7-11-10(15)12-8(6-4-2)9(13)14/h1,8H,4-7H2,2H3,(H,13,14)(H2,11,12,15). The molecule has 0 aromatic rings. The van der Waals surface area contributed by atoms with Crippen molar-refractivity contribution >= 4 is 12.0 Å². The number of carbonyl (C=O) groups is 2. The summed E-state index contributed by atoms with van der Waals surface area (Å²) in [7, 11) is 0. The fourth-order valence-electron chi connectivity index (χ4n) is 1.00. The summed E-state index contributed by atoms with van der Waals surface area (Å²) >= 11 is 0. The van der Waals surface area contributed by atoms with Crippen LogP contribution in [0, 0.1) is 12.3 Å². The van der Waals surface area contributed by atoms with Crippen LogP contribution in [-0.4, -0.2) is 29.7 Å². The van der Waals surface area contributed by atoms with Crippen molar-refractivity contribution in [1.29, 1.82) is 0 Å². The summed E-state index contributed by atoms with van der Waals surface area (Å²) in [6, 6.07) is -1.33. The zero-order chi connectivity index (χ0) is 11.7. The zero-order valence-electron chi connectivity index (χ0n) is 8.75. The molecule has 0 aliphatic heterocycles. The van der Waals surface area contributed by atoms with Gasteiger partial charge < -0.3 is 15.7 Å². The Labute approximate surface area is 89.2 Å². The highest BCUT2D eigenvalue weighted by Gasteiger charge is 2.17. The molecule has 5 nitrogen and oxygen atoms in total. The molecule has 0 heterocycles. The summed E-state index contributed by atoms with van der Waals surface area (Å²) < 4.78 is 0. The number of terminal acetylenes is 1. The summed E-state index contributed by atoms with van der Waals surface area (Å²) in [5.41, 5.74) is 0. The molecule has 0 bridgehead atoms. The molecule has 15 heavy (non-hydrogen) atoms. The third-order valence-corrected chi connectivity index (χ3v) is 1.74. The third-order valence-electron chi connectivity index (χ3n) is 1.74. The van der Waals surface area contributed by atoms with E-state index in [0.717, 1.165) is 0 Å². The van der Waals surface area contributed by atoms with Gasteiger partial charge in [-0.05, 0) is 6.42 Å². The van der Waals surface area contributed by atoms with Crippen molar-refractivity contribution < 1.29 is 14.7 Å². The van der Waals surface area contributed by atoms with Crippen molar-refractivity contribution in [3.63, 3.8) is 0 Å². The van der Waals surface area contributed by atoms with Crippen molar-refractivity contribution in [1.82, 2.24) is 10.6 Å². The first-order valence-electron chi connectivity index (χ1n) is 4.82. The van der Waals surface area contributed by atoms with Gasteiger partial charge in [0.25, 0.3) is 0 Å². The van der Waals surface area contributed by atoms with Crippen LogP contribution in [0.3, 0.4) is 0 Å². The van der Waals surface area contributed by atoms with E-state index >= 15 is 0 Å². The number of rotatable bonds is 6. The Bertz CT molecular complexity index is 258. The molecule has 0 saturated carbocycles. The molecule has 84 valence electrons. The number of carboxylic acids is 1.